The number of nitrogens with one attached hydrogen (secondary N) is 1. The van der Waals surface area contributed by atoms with Crippen molar-refractivity contribution in [3.05, 3.63) is 36.0 Å². The molecule has 1 aliphatic rings. The van der Waals surface area contributed by atoms with Gasteiger partial charge in [0.15, 0.2) is 0 Å². The van der Waals surface area contributed by atoms with Gasteiger partial charge in [0.1, 0.15) is 0 Å². The Kier molecular flexibility index (Phi) is 2.37. The number of nitrogens with zero attached hydrogens (tertiary/aromatic N) is 1. The number of aromatic amines is 1. The summed E-state index contributed by atoms with van der Waals surface area (Å²) in [6.07, 6.45) is 2.69. The Morgan fingerprint density at radius 1 is 1.41 bits per heavy atom. The maximum absolute atomic E-state index is 12.3. The van der Waals surface area contributed by atoms with Gasteiger partial charge in [0, 0.05) is 36.2 Å². The Hall–Kier alpha value is -1.81. The smallest absolute Gasteiger partial charge is 0.256 e. The van der Waals surface area contributed by atoms with E-state index >= 15 is 0 Å². The number of fused-ring (bicyclic) bond motifs is 1. The van der Waals surface area contributed by atoms with Crippen LogP contribution in [-0.2, 0) is 0 Å². The van der Waals surface area contributed by atoms with E-state index in [1.165, 1.54) is 0 Å². The van der Waals surface area contributed by atoms with E-state index in [1.54, 1.807) is 6.20 Å². The van der Waals surface area contributed by atoms with E-state index in [4.69, 9.17) is 5.73 Å². The predicted octanol–water partition coefficient (Wildman–Crippen LogP) is 1.34. The predicted molar refractivity (Wildman–Crippen MR) is 66.8 cm³/mol. The van der Waals surface area contributed by atoms with Crippen LogP contribution in [0.4, 0.5) is 0 Å². The van der Waals surface area contributed by atoms with Gasteiger partial charge in [-0.25, -0.2) is 0 Å². The molecule has 4 heteroatoms. The minimum absolute atomic E-state index is 0.0791. The van der Waals surface area contributed by atoms with Gasteiger partial charge in [-0.1, -0.05) is 18.2 Å². The van der Waals surface area contributed by atoms with Gasteiger partial charge in [-0.2, -0.15) is 0 Å². The standard InChI is InChI=1S/C13H15N3O/c14-9-5-6-16(8-9)13(17)11-7-15-12-4-2-1-3-10(11)12/h1-4,7,9,15H,5-6,8,14H2/t9-/m1/s1. The van der Waals surface area contributed by atoms with Crippen LogP contribution < -0.4 is 5.73 Å². The molecule has 1 aliphatic heterocycles. The van der Waals surface area contributed by atoms with E-state index in [9.17, 15) is 4.79 Å². The second kappa shape index (κ2) is 3.89. The molecular weight excluding hydrogens is 214 g/mol. The van der Waals surface area contributed by atoms with E-state index in [1.807, 2.05) is 29.2 Å². The first-order valence-corrected chi connectivity index (χ1v) is 5.86. The van der Waals surface area contributed by atoms with Crippen molar-refractivity contribution >= 4 is 16.8 Å². The van der Waals surface area contributed by atoms with Crippen molar-refractivity contribution in [2.24, 2.45) is 5.73 Å². The van der Waals surface area contributed by atoms with Crippen molar-refractivity contribution in [2.75, 3.05) is 13.1 Å². The molecule has 0 saturated carbocycles. The third kappa shape index (κ3) is 1.70. The number of hydrogen-bond acceptors (Lipinski definition) is 2. The van der Waals surface area contributed by atoms with Crippen LogP contribution in [0.2, 0.25) is 0 Å². The Bertz CT molecular complexity index is 561. The number of nitrogens with two attached hydrogens (primary N) is 1. The number of aromatic nitrogens is 1. The molecule has 4 nitrogen and oxygen atoms in total. The maximum atomic E-state index is 12.3. The maximum Gasteiger partial charge on any atom is 0.256 e. The molecule has 1 amide bonds. The van der Waals surface area contributed by atoms with E-state index in [0.29, 0.717) is 6.54 Å². The van der Waals surface area contributed by atoms with Crippen LogP contribution in [0.5, 0.6) is 0 Å². The van der Waals surface area contributed by atoms with Crippen molar-refractivity contribution in [3.63, 3.8) is 0 Å². The van der Waals surface area contributed by atoms with Crippen LogP contribution in [0.25, 0.3) is 10.9 Å². The molecule has 3 N–H and O–H groups in total. The zero-order valence-electron chi connectivity index (χ0n) is 9.52. The van der Waals surface area contributed by atoms with Gasteiger partial charge in [-0.05, 0) is 12.5 Å². The van der Waals surface area contributed by atoms with Crippen LogP contribution in [0.15, 0.2) is 30.5 Å². The normalized spacial score (nSPS) is 20.1. The lowest BCUT2D eigenvalue weighted by molar-refractivity contribution is 0.0793. The zero-order valence-corrected chi connectivity index (χ0v) is 9.52. The number of amides is 1. The Labute approximate surface area is 99.4 Å². The highest BCUT2D eigenvalue weighted by Gasteiger charge is 2.25. The topological polar surface area (TPSA) is 62.1 Å². The average Bonchev–Trinajstić information content (AvgIpc) is 2.94. The summed E-state index contributed by atoms with van der Waals surface area (Å²) in [5.41, 5.74) is 7.57. The van der Waals surface area contributed by atoms with E-state index in [2.05, 4.69) is 4.98 Å². The summed E-state index contributed by atoms with van der Waals surface area (Å²) < 4.78 is 0. The minimum atomic E-state index is 0.0791. The van der Waals surface area contributed by atoms with Gasteiger partial charge in [0.05, 0.1) is 5.56 Å². The third-order valence-electron chi connectivity index (χ3n) is 3.33. The molecule has 1 atom stereocenters. The van der Waals surface area contributed by atoms with Crippen LogP contribution >= 0.6 is 0 Å². The Morgan fingerprint density at radius 2 is 2.24 bits per heavy atom. The molecule has 1 aromatic heterocycles. The fourth-order valence-electron chi connectivity index (χ4n) is 2.39. The van der Waals surface area contributed by atoms with Crippen molar-refractivity contribution in [2.45, 2.75) is 12.5 Å². The van der Waals surface area contributed by atoms with Crippen molar-refractivity contribution < 1.29 is 4.79 Å². The lowest BCUT2D eigenvalue weighted by Gasteiger charge is -2.14. The number of hydrogen-bond donors (Lipinski definition) is 2. The summed E-state index contributed by atoms with van der Waals surface area (Å²) in [6.45, 7) is 1.43. The molecule has 3 rings (SSSR count). The molecule has 1 aromatic carbocycles. The number of para-hydroxylation sites is 1. The van der Waals surface area contributed by atoms with Crippen LogP contribution in [0.1, 0.15) is 16.8 Å². The summed E-state index contributed by atoms with van der Waals surface area (Å²) in [5, 5.41) is 0.984. The number of carbonyl (C=O) groups excluding carboxylic acids is 1. The fourth-order valence-corrected chi connectivity index (χ4v) is 2.39. The summed E-state index contributed by atoms with van der Waals surface area (Å²) in [4.78, 5) is 17.3. The van der Waals surface area contributed by atoms with Crippen molar-refractivity contribution in [3.8, 4) is 0 Å². The monoisotopic (exact) mass is 229 g/mol. The Morgan fingerprint density at radius 3 is 3.00 bits per heavy atom. The summed E-state index contributed by atoms with van der Waals surface area (Å²) in [5.74, 6) is 0.0791. The first-order valence-electron chi connectivity index (χ1n) is 5.86. The molecule has 0 unspecified atom stereocenters. The van der Waals surface area contributed by atoms with Gasteiger partial charge < -0.3 is 15.6 Å². The number of benzene rings is 1. The van der Waals surface area contributed by atoms with Gasteiger partial charge in [0.2, 0.25) is 0 Å². The Balaban J connectivity index is 1.96. The molecule has 2 heterocycles. The van der Waals surface area contributed by atoms with Crippen LogP contribution in [0.3, 0.4) is 0 Å². The highest BCUT2D eigenvalue weighted by Crippen LogP contribution is 2.21. The first-order chi connectivity index (χ1) is 8.25. The second-order valence-electron chi connectivity index (χ2n) is 4.55. The lowest BCUT2D eigenvalue weighted by Crippen LogP contribution is -2.31. The van der Waals surface area contributed by atoms with E-state index in [-0.39, 0.29) is 11.9 Å². The molecule has 88 valence electrons. The number of rotatable bonds is 1. The van der Waals surface area contributed by atoms with Gasteiger partial charge in [-0.15, -0.1) is 0 Å². The molecular formula is C13H15N3O. The number of carbonyl (C=O) groups is 1. The summed E-state index contributed by atoms with van der Waals surface area (Å²) >= 11 is 0. The molecule has 0 bridgehead atoms. The molecule has 0 aliphatic carbocycles. The van der Waals surface area contributed by atoms with Gasteiger partial charge >= 0.3 is 0 Å². The molecule has 17 heavy (non-hydrogen) atoms. The molecule has 1 saturated heterocycles. The summed E-state index contributed by atoms with van der Waals surface area (Å²) in [6, 6.07) is 7.97. The van der Waals surface area contributed by atoms with Gasteiger partial charge in [0.25, 0.3) is 5.91 Å². The largest absolute Gasteiger partial charge is 0.360 e. The van der Waals surface area contributed by atoms with Crippen LogP contribution in [0, 0.1) is 0 Å². The SMILES string of the molecule is N[C@@H]1CCN(C(=O)c2c[nH]c3ccccc23)C1. The minimum Gasteiger partial charge on any atom is -0.360 e. The quantitative estimate of drug-likeness (QED) is 0.775. The number of H-pyrrole nitrogens is 1. The van der Waals surface area contributed by atoms with Crippen LogP contribution in [-0.4, -0.2) is 34.9 Å². The first kappa shape index (κ1) is 10.4. The zero-order chi connectivity index (χ0) is 11.8. The lowest BCUT2D eigenvalue weighted by atomic mass is 10.1. The molecule has 2 aromatic rings. The fraction of sp³-hybridized carbons (Fsp3) is 0.308. The van der Waals surface area contributed by atoms with Crippen molar-refractivity contribution in [1.29, 1.82) is 0 Å². The highest BCUT2D eigenvalue weighted by atomic mass is 16.2. The van der Waals surface area contributed by atoms with Gasteiger partial charge in [-0.3, -0.25) is 4.79 Å². The highest BCUT2D eigenvalue weighted by molar-refractivity contribution is 6.06. The second-order valence-corrected chi connectivity index (χ2v) is 4.55. The molecule has 0 radical (unpaired) electrons. The van der Waals surface area contributed by atoms with Crippen molar-refractivity contribution in [1.82, 2.24) is 9.88 Å². The molecule has 0 spiro atoms. The summed E-state index contributed by atoms with van der Waals surface area (Å²) in [7, 11) is 0. The van der Waals surface area contributed by atoms with E-state index in [0.717, 1.165) is 29.4 Å². The number of likely N-dealkylation sites (tertiary alicyclic amines) is 1. The molecule has 1 fully saturated rings. The average molecular weight is 229 g/mol. The third-order valence-corrected chi connectivity index (χ3v) is 3.33. The van der Waals surface area contributed by atoms with E-state index < -0.39 is 0 Å².